The number of aromatic hydroxyl groups is 1. The molecule has 27 heavy (non-hydrogen) atoms. The van der Waals surface area contributed by atoms with E-state index in [4.69, 9.17) is 0 Å². The van der Waals surface area contributed by atoms with E-state index in [1.807, 2.05) is 30.3 Å². The van der Waals surface area contributed by atoms with Crippen molar-refractivity contribution in [2.75, 3.05) is 0 Å². The summed E-state index contributed by atoms with van der Waals surface area (Å²) in [6.45, 7) is 0. The average molecular weight is 378 g/mol. The monoisotopic (exact) mass is 378 g/mol. The van der Waals surface area contributed by atoms with Gasteiger partial charge in [-0.15, -0.1) is 10.2 Å². The molecule has 4 rings (SSSR count). The van der Waals surface area contributed by atoms with Crippen LogP contribution >= 0.6 is 0 Å². The highest BCUT2D eigenvalue weighted by atomic mass is 32.2. The van der Waals surface area contributed by atoms with Crippen molar-refractivity contribution in [1.29, 1.82) is 0 Å². The summed E-state index contributed by atoms with van der Waals surface area (Å²) in [5.41, 5.74) is 0.214. The van der Waals surface area contributed by atoms with Crippen molar-refractivity contribution in [2.45, 2.75) is 4.90 Å². The maximum Gasteiger partial charge on any atom is 0.296 e. The number of fused-ring (bicyclic) bond motifs is 2. The molecule has 0 saturated carbocycles. The topological polar surface area (TPSA) is 99.3 Å². The van der Waals surface area contributed by atoms with Gasteiger partial charge in [0.05, 0.1) is 5.69 Å². The van der Waals surface area contributed by atoms with E-state index in [0.29, 0.717) is 16.5 Å². The second kappa shape index (κ2) is 6.46. The van der Waals surface area contributed by atoms with Crippen LogP contribution in [0.25, 0.3) is 21.5 Å². The fraction of sp³-hybridized carbons (Fsp3) is 0. The molecule has 0 aliphatic heterocycles. The first-order valence-corrected chi connectivity index (χ1v) is 9.51. The summed E-state index contributed by atoms with van der Waals surface area (Å²) in [6.07, 6.45) is 0. The molecule has 0 radical (unpaired) electrons. The summed E-state index contributed by atoms with van der Waals surface area (Å²) in [5.74, 6) is -0.357. The molecule has 0 aromatic heterocycles. The van der Waals surface area contributed by atoms with E-state index < -0.39 is 15.0 Å². The van der Waals surface area contributed by atoms with Crippen molar-refractivity contribution in [3.05, 3.63) is 72.8 Å². The van der Waals surface area contributed by atoms with Gasteiger partial charge in [-0.2, -0.15) is 8.42 Å². The second-order valence-corrected chi connectivity index (χ2v) is 7.36. The van der Waals surface area contributed by atoms with E-state index >= 15 is 0 Å². The summed E-state index contributed by atoms with van der Waals surface area (Å²) in [4.78, 5) is -0.498. The zero-order valence-corrected chi connectivity index (χ0v) is 14.8. The Morgan fingerprint density at radius 1 is 0.741 bits per heavy atom. The Morgan fingerprint density at radius 3 is 2.11 bits per heavy atom. The van der Waals surface area contributed by atoms with Crippen molar-refractivity contribution in [3.8, 4) is 5.75 Å². The predicted molar refractivity (Wildman–Crippen MR) is 104 cm³/mol. The van der Waals surface area contributed by atoms with Gasteiger partial charge in [-0.1, -0.05) is 60.7 Å². The Labute approximate surface area is 155 Å². The smallest absolute Gasteiger partial charge is 0.296 e. The molecule has 0 aliphatic rings. The fourth-order valence-corrected chi connectivity index (χ4v) is 3.64. The molecule has 7 heteroatoms. The van der Waals surface area contributed by atoms with Crippen LogP contribution in [0, 0.1) is 0 Å². The molecular weight excluding hydrogens is 364 g/mol. The zero-order chi connectivity index (χ0) is 19.0. The number of hydrogen-bond acceptors (Lipinski definition) is 5. The Balaban J connectivity index is 1.95. The number of azo groups is 1. The van der Waals surface area contributed by atoms with Gasteiger partial charge in [0.1, 0.15) is 10.6 Å². The van der Waals surface area contributed by atoms with Crippen molar-refractivity contribution in [1.82, 2.24) is 0 Å². The summed E-state index contributed by atoms with van der Waals surface area (Å²) >= 11 is 0. The van der Waals surface area contributed by atoms with Crippen LogP contribution < -0.4 is 0 Å². The lowest BCUT2D eigenvalue weighted by molar-refractivity contribution is 0.472. The van der Waals surface area contributed by atoms with Gasteiger partial charge in [0.25, 0.3) is 10.1 Å². The van der Waals surface area contributed by atoms with E-state index in [1.165, 1.54) is 6.07 Å². The van der Waals surface area contributed by atoms with Crippen molar-refractivity contribution in [2.24, 2.45) is 10.2 Å². The van der Waals surface area contributed by atoms with Crippen molar-refractivity contribution < 1.29 is 18.1 Å². The molecule has 0 amide bonds. The van der Waals surface area contributed by atoms with E-state index in [9.17, 15) is 18.1 Å². The maximum absolute atomic E-state index is 11.8. The molecule has 0 bridgehead atoms. The van der Waals surface area contributed by atoms with E-state index in [0.717, 1.165) is 10.8 Å². The number of rotatable bonds is 3. The highest BCUT2D eigenvalue weighted by Crippen LogP contribution is 2.41. The van der Waals surface area contributed by atoms with Gasteiger partial charge >= 0.3 is 0 Å². The van der Waals surface area contributed by atoms with Crippen LogP contribution in [0.15, 0.2) is 87.9 Å². The summed E-state index contributed by atoms with van der Waals surface area (Å²) in [6, 6.07) is 21.0. The average Bonchev–Trinajstić information content (AvgIpc) is 2.66. The minimum Gasteiger partial charge on any atom is -0.505 e. The molecule has 0 heterocycles. The molecule has 2 N–H and O–H groups in total. The highest BCUT2D eigenvalue weighted by Gasteiger charge is 2.21. The molecule has 0 atom stereocenters. The van der Waals surface area contributed by atoms with Gasteiger partial charge in [-0.05, 0) is 22.9 Å². The van der Waals surface area contributed by atoms with Crippen LogP contribution in [-0.4, -0.2) is 18.1 Å². The van der Waals surface area contributed by atoms with Crippen LogP contribution in [0.5, 0.6) is 5.75 Å². The first kappa shape index (κ1) is 17.1. The third-order valence-corrected chi connectivity index (χ3v) is 5.13. The van der Waals surface area contributed by atoms with Crippen LogP contribution in [-0.2, 0) is 10.1 Å². The van der Waals surface area contributed by atoms with Crippen LogP contribution in [0.2, 0.25) is 0 Å². The Bertz CT molecular complexity index is 1310. The number of phenols is 1. The standard InChI is InChI=1S/C20H14N2O4S/c23-20-16-10-4-2-7-14(16)12-18(27(24,25)26)19(20)22-21-17-11-5-8-13-6-1-3-9-15(13)17/h1-12,23H,(H,24,25,26). The molecular formula is C20H14N2O4S. The Kier molecular flexibility index (Phi) is 4.10. The molecule has 0 unspecified atom stereocenters. The minimum absolute atomic E-state index is 0.302. The van der Waals surface area contributed by atoms with Gasteiger partial charge < -0.3 is 5.11 Å². The van der Waals surface area contributed by atoms with Gasteiger partial charge in [-0.3, -0.25) is 4.55 Å². The minimum atomic E-state index is -4.61. The van der Waals surface area contributed by atoms with Gasteiger partial charge in [-0.25, -0.2) is 0 Å². The van der Waals surface area contributed by atoms with E-state index in [2.05, 4.69) is 10.2 Å². The maximum atomic E-state index is 11.8. The molecule has 0 spiro atoms. The summed E-state index contributed by atoms with van der Waals surface area (Å²) in [7, 11) is -4.61. The molecule has 134 valence electrons. The summed E-state index contributed by atoms with van der Waals surface area (Å²) < 4.78 is 33.2. The number of nitrogens with zero attached hydrogens (tertiary/aromatic N) is 2. The van der Waals surface area contributed by atoms with Gasteiger partial charge in [0.2, 0.25) is 0 Å². The van der Waals surface area contributed by atoms with Crippen LogP contribution in [0.1, 0.15) is 0 Å². The van der Waals surface area contributed by atoms with Gasteiger partial charge in [0.15, 0.2) is 5.75 Å². The second-order valence-electron chi connectivity index (χ2n) is 5.97. The SMILES string of the molecule is O=S(=O)(O)c1cc2ccccc2c(O)c1N=Nc1cccc2ccccc12. The zero-order valence-electron chi connectivity index (χ0n) is 13.9. The van der Waals surface area contributed by atoms with Crippen molar-refractivity contribution >= 4 is 43.0 Å². The first-order valence-electron chi connectivity index (χ1n) is 8.07. The van der Waals surface area contributed by atoms with Crippen molar-refractivity contribution in [3.63, 3.8) is 0 Å². The van der Waals surface area contributed by atoms with E-state index in [1.54, 1.807) is 36.4 Å². The predicted octanol–water partition coefficient (Wildman–Crippen LogP) is 5.36. The number of benzene rings is 4. The lowest BCUT2D eigenvalue weighted by Gasteiger charge is -2.08. The quantitative estimate of drug-likeness (QED) is 0.370. The van der Waals surface area contributed by atoms with E-state index in [-0.39, 0.29) is 11.4 Å². The third-order valence-electron chi connectivity index (χ3n) is 4.26. The highest BCUT2D eigenvalue weighted by molar-refractivity contribution is 7.86. The number of hydrogen-bond donors (Lipinski definition) is 2. The molecule has 0 aliphatic carbocycles. The first-order chi connectivity index (χ1) is 12.9. The molecule has 4 aromatic rings. The lowest BCUT2D eigenvalue weighted by atomic mass is 10.1. The Morgan fingerprint density at radius 2 is 1.37 bits per heavy atom. The largest absolute Gasteiger partial charge is 0.505 e. The molecule has 0 saturated heterocycles. The van der Waals surface area contributed by atoms with Crippen LogP contribution in [0.4, 0.5) is 11.4 Å². The third kappa shape index (κ3) is 3.14. The summed E-state index contributed by atoms with van der Waals surface area (Å²) in [5, 5.41) is 21.3. The molecule has 6 nitrogen and oxygen atoms in total. The number of phenolic OH excluding ortho intramolecular Hbond substituents is 1. The van der Waals surface area contributed by atoms with Crippen LogP contribution in [0.3, 0.4) is 0 Å². The van der Waals surface area contributed by atoms with Gasteiger partial charge in [0, 0.05) is 10.8 Å². The normalized spacial score (nSPS) is 12.2. The molecule has 4 aromatic carbocycles. The fourth-order valence-electron chi connectivity index (χ4n) is 2.99. The lowest BCUT2D eigenvalue weighted by Crippen LogP contribution is -1.99. The molecule has 0 fully saturated rings. The Hall–Kier alpha value is -3.29.